The second kappa shape index (κ2) is 4.52. The van der Waals surface area contributed by atoms with E-state index in [1.165, 1.54) is 0 Å². The van der Waals surface area contributed by atoms with Crippen LogP contribution in [0, 0.1) is 0 Å². The molecule has 3 aromatic rings. The third kappa shape index (κ3) is 2.07. The van der Waals surface area contributed by atoms with Crippen LogP contribution >= 0.6 is 0 Å². The van der Waals surface area contributed by atoms with Gasteiger partial charge in [0, 0.05) is 30.7 Å². The van der Waals surface area contributed by atoms with E-state index < -0.39 is 0 Å². The average molecular weight is 268 g/mol. The van der Waals surface area contributed by atoms with Crippen molar-refractivity contribution in [2.45, 2.75) is 25.3 Å². The zero-order chi connectivity index (χ0) is 13.4. The van der Waals surface area contributed by atoms with Crippen molar-refractivity contribution < 1.29 is 4.52 Å². The fraction of sp³-hybridized carbons (Fsp3) is 0.308. The average Bonchev–Trinajstić information content (AvgIpc) is 3.06. The van der Waals surface area contributed by atoms with Gasteiger partial charge in [-0.25, -0.2) is 9.97 Å². The van der Waals surface area contributed by atoms with Crippen LogP contribution in [0.3, 0.4) is 0 Å². The van der Waals surface area contributed by atoms with Gasteiger partial charge < -0.3 is 9.09 Å². The topological polar surface area (TPSA) is 82.5 Å². The Morgan fingerprint density at radius 1 is 1.20 bits per heavy atom. The molecule has 0 amide bonds. The van der Waals surface area contributed by atoms with Crippen LogP contribution in [0.5, 0.6) is 0 Å². The fourth-order valence-electron chi connectivity index (χ4n) is 2.07. The molecule has 1 fully saturated rings. The molecule has 3 heterocycles. The Bertz CT molecular complexity index is 715. The quantitative estimate of drug-likeness (QED) is 0.715. The molecule has 1 aliphatic carbocycles. The SMILES string of the molecule is c1cnc(-c2nccn2Cc2nc(C3CC3)no2)cn1. The van der Waals surface area contributed by atoms with Crippen LogP contribution in [0.2, 0.25) is 0 Å². The van der Waals surface area contributed by atoms with Crippen LogP contribution in [0.1, 0.15) is 30.5 Å². The van der Waals surface area contributed by atoms with Gasteiger partial charge in [-0.2, -0.15) is 4.98 Å². The van der Waals surface area contributed by atoms with E-state index in [1.807, 2.05) is 10.8 Å². The number of hydrogen-bond donors (Lipinski definition) is 0. The summed E-state index contributed by atoms with van der Waals surface area (Å²) in [5.41, 5.74) is 0.722. The van der Waals surface area contributed by atoms with Crippen molar-refractivity contribution in [3.63, 3.8) is 0 Å². The molecule has 0 aliphatic heterocycles. The molecule has 100 valence electrons. The number of nitrogens with zero attached hydrogens (tertiary/aromatic N) is 6. The molecule has 0 atom stereocenters. The van der Waals surface area contributed by atoms with Crippen molar-refractivity contribution in [2.24, 2.45) is 0 Å². The van der Waals surface area contributed by atoms with Crippen LogP contribution in [0.25, 0.3) is 11.5 Å². The molecule has 7 nitrogen and oxygen atoms in total. The highest BCUT2D eigenvalue weighted by Gasteiger charge is 2.28. The van der Waals surface area contributed by atoms with Crippen LogP contribution < -0.4 is 0 Å². The van der Waals surface area contributed by atoms with E-state index in [-0.39, 0.29) is 0 Å². The highest BCUT2D eigenvalue weighted by molar-refractivity contribution is 5.47. The molecule has 1 aliphatic rings. The molecule has 0 N–H and O–H groups in total. The van der Waals surface area contributed by atoms with E-state index >= 15 is 0 Å². The lowest BCUT2D eigenvalue weighted by atomic mass is 10.4. The molecule has 20 heavy (non-hydrogen) atoms. The first-order valence-corrected chi connectivity index (χ1v) is 6.50. The molecule has 1 saturated carbocycles. The smallest absolute Gasteiger partial charge is 0.246 e. The van der Waals surface area contributed by atoms with Gasteiger partial charge in [0.15, 0.2) is 11.6 Å². The lowest BCUT2D eigenvalue weighted by Gasteiger charge is -2.03. The van der Waals surface area contributed by atoms with Gasteiger partial charge >= 0.3 is 0 Å². The first-order chi connectivity index (χ1) is 9.90. The summed E-state index contributed by atoms with van der Waals surface area (Å²) < 4.78 is 7.21. The van der Waals surface area contributed by atoms with Gasteiger partial charge in [-0.1, -0.05) is 5.16 Å². The summed E-state index contributed by atoms with van der Waals surface area (Å²) in [6.45, 7) is 0.492. The summed E-state index contributed by atoms with van der Waals surface area (Å²) in [6, 6.07) is 0. The predicted molar refractivity (Wildman–Crippen MR) is 68.6 cm³/mol. The zero-order valence-corrected chi connectivity index (χ0v) is 10.7. The second-order valence-electron chi connectivity index (χ2n) is 4.79. The molecule has 7 heteroatoms. The number of aromatic nitrogens is 6. The number of hydrogen-bond acceptors (Lipinski definition) is 6. The maximum atomic E-state index is 5.28. The molecular formula is C13H12N6O. The first-order valence-electron chi connectivity index (χ1n) is 6.50. The Balaban J connectivity index is 1.61. The minimum Gasteiger partial charge on any atom is -0.337 e. The van der Waals surface area contributed by atoms with Crippen LogP contribution in [-0.2, 0) is 6.54 Å². The second-order valence-corrected chi connectivity index (χ2v) is 4.79. The maximum absolute atomic E-state index is 5.28. The Morgan fingerprint density at radius 3 is 2.95 bits per heavy atom. The predicted octanol–water partition coefficient (Wildman–Crippen LogP) is 1.65. The Morgan fingerprint density at radius 2 is 2.15 bits per heavy atom. The third-order valence-corrected chi connectivity index (χ3v) is 3.24. The molecule has 4 rings (SSSR count). The third-order valence-electron chi connectivity index (χ3n) is 3.24. The van der Waals surface area contributed by atoms with Crippen molar-refractivity contribution >= 4 is 0 Å². The largest absolute Gasteiger partial charge is 0.337 e. The van der Waals surface area contributed by atoms with Crippen LogP contribution in [-0.4, -0.2) is 29.7 Å². The Hall–Kier alpha value is -2.57. The zero-order valence-electron chi connectivity index (χ0n) is 10.7. The van der Waals surface area contributed by atoms with E-state index in [0.29, 0.717) is 18.4 Å². The van der Waals surface area contributed by atoms with Gasteiger partial charge in [-0.3, -0.25) is 4.98 Å². The van der Waals surface area contributed by atoms with E-state index in [2.05, 4.69) is 25.1 Å². The molecule has 0 saturated heterocycles. The lowest BCUT2D eigenvalue weighted by molar-refractivity contribution is 0.366. The van der Waals surface area contributed by atoms with Crippen molar-refractivity contribution in [2.75, 3.05) is 0 Å². The molecule has 0 spiro atoms. The van der Waals surface area contributed by atoms with Gasteiger partial charge in [0.05, 0.1) is 6.20 Å². The fourth-order valence-corrected chi connectivity index (χ4v) is 2.07. The molecule has 0 bridgehead atoms. The first kappa shape index (κ1) is 11.3. The highest BCUT2D eigenvalue weighted by Crippen LogP contribution is 2.38. The number of rotatable bonds is 4. The molecule has 0 unspecified atom stereocenters. The molecular weight excluding hydrogens is 256 g/mol. The summed E-state index contributed by atoms with van der Waals surface area (Å²) in [5.74, 6) is 2.65. The van der Waals surface area contributed by atoms with Gasteiger partial charge in [0.1, 0.15) is 12.2 Å². The van der Waals surface area contributed by atoms with Crippen molar-refractivity contribution in [3.05, 3.63) is 42.7 Å². The van der Waals surface area contributed by atoms with Gasteiger partial charge in [0.2, 0.25) is 5.89 Å². The monoisotopic (exact) mass is 268 g/mol. The van der Waals surface area contributed by atoms with Crippen molar-refractivity contribution in [1.29, 1.82) is 0 Å². The van der Waals surface area contributed by atoms with Crippen molar-refractivity contribution in [1.82, 2.24) is 29.7 Å². The van der Waals surface area contributed by atoms with Gasteiger partial charge in [0.25, 0.3) is 0 Å². The highest BCUT2D eigenvalue weighted by atomic mass is 16.5. The van der Waals surface area contributed by atoms with Gasteiger partial charge in [-0.15, -0.1) is 0 Å². The summed E-state index contributed by atoms with van der Waals surface area (Å²) in [5, 5.41) is 4.01. The Kier molecular flexibility index (Phi) is 2.55. The van der Waals surface area contributed by atoms with E-state index in [1.54, 1.807) is 24.8 Å². The van der Waals surface area contributed by atoms with E-state index in [9.17, 15) is 0 Å². The molecule has 0 aromatic carbocycles. The minimum absolute atomic E-state index is 0.492. The summed E-state index contributed by atoms with van der Waals surface area (Å²) >= 11 is 0. The molecule has 3 aromatic heterocycles. The van der Waals surface area contributed by atoms with Crippen molar-refractivity contribution in [3.8, 4) is 11.5 Å². The maximum Gasteiger partial charge on any atom is 0.246 e. The Labute approximate surface area is 114 Å². The summed E-state index contributed by atoms with van der Waals surface area (Å²) in [6.07, 6.45) is 10.9. The van der Waals surface area contributed by atoms with E-state index in [0.717, 1.165) is 30.2 Å². The lowest BCUT2D eigenvalue weighted by Crippen LogP contribution is -2.02. The standard InChI is InChI=1S/C13H12N6O/c1-2-9(1)12-17-11(20-18-12)8-19-6-5-16-13(19)10-7-14-3-4-15-10/h3-7,9H,1-2,8H2. The summed E-state index contributed by atoms with van der Waals surface area (Å²) in [4.78, 5) is 17.0. The number of imidazole rings is 1. The molecule has 0 radical (unpaired) electrons. The minimum atomic E-state index is 0.492. The normalized spacial score (nSPS) is 14.6. The summed E-state index contributed by atoms with van der Waals surface area (Å²) in [7, 11) is 0. The van der Waals surface area contributed by atoms with Gasteiger partial charge in [-0.05, 0) is 12.8 Å². The van der Waals surface area contributed by atoms with Crippen LogP contribution in [0.15, 0.2) is 35.5 Å². The van der Waals surface area contributed by atoms with Crippen LogP contribution in [0.4, 0.5) is 0 Å². The van der Waals surface area contributed by atoms with E-state index in [4.69, 9.17) is 4.52 Å².